The van der Waals surface area contributed by atoms with Gasteiger partial charge in [0.05, 0.1) is 0 Å². The van der Waals surface area contributed by atoms with Crippen molar-refractivity contribution in [1.82, 2.24) is 0 Å². The van der Waals surface area contributed by atoms with Crippen molar-refractivity contribution in [2.45, 2.75) is 19.3 Å². The summed E-state index contributed by atoms with van der Waals surface area (Å²) in [6.07, 6.45) is 0.801. The molecule has 1 atom stereocenters. The van der Waals surface area contributed by atoms with Gasteiger partial charge in [-0.15, -0.1) is 0 Å². The average Bonchev–Trinajstić information content (AvgIpc) is 2.31. The van der Waals surface area contributed by atoms with Crippen LogP contribution in [0.3, 0.4) is 0 Å². The quantitative estimate of drug-likeness (QED) is 0.456. The van der Waals surface area contributed by atoms with Crippen LogP contribution in [0.2, 0.25) is 0 Å². The maximum Gasteiger partial charge on any atom is 0.416 e. The molecule has 3 nitrogen and oxygen atoms in total. The molecule has 0 heterocycles. The maximum atomic E-state index is 10.6. The van der Waals surface area contributed by atoms with Gasteiger partial charge in [-0.2, -0.15) is 5.26 Å². The SMILES string of the molecule is CCC(C#CC(=O)OO)c1ccccc1. The molecule has 0 aromatic heterocycles. The molecule has 3 heteroatoms. The fourth-order valence-corrected chi connectivity index (χ4v) is 1.28. The van der Waals surface area contributed by atoms with Gasteiger partial charge in [0.25, 0.3) is 0 Å². The van der Waals surface area contributed by atoms with Crippen LogP contribution in [0.15, 0.2) is 30.3 Å². The summed E-state index contributed by atoms with van der Waals surface area (Å²) in [4.78, 5) is 14.1. The van der Waals surface area contributed by atoms with E-state index in [9.17, 15) is 4.79 Å². The van der Waals surface area contributed by atoms with E-state index in [0.717, 1.165) is 12.0 Å². The van der Waals surface area contributed by atoms with E-state index < -0.39 is 5.97 Å². The Hall–Kier alpha value is -1.79. The van der Waals surface area contributed by atoms with E-state index in [4.69, 9.17) is 5.26 Å². The number of hydrogen-bond acceptors (Lipinski definition) is 3. The Morgan fingerprint density at radius 1 is 1.47 bits per heavy atom. The van der Waals surface area contributed by atoms with E-state index in [1.165, 1.54) is 0 Å². The van der Waals surface area contributed by atoms with Gasteiger partial charge in [-0.3, -0.25) is 4.89 Å². The molecular weight excluding hydrogens is 192 g/mol. The van der Waals surface area contributed by atoms with Crippen LogP contribution in [0.1, 0.15) is 24.8 Å². The van der Waals surface area contributed by atoms with E-state index in [0.29, 0.717) is 0 Å². The van der Waals surface area contributed by atoms with Gasteiger partial charge in [0, 0.05) is 11.8 Å². The Kier molecular flexibility index (Phi) is 4.39. The minimum absolute atomic E-state index is 0.00898. The molecule has 1 N–H and O–H groups in total. The summed E-state index contributed by atoms with van der Waals surface area (Å²) >= 11 is 0. The zero-order valence-corrected chi connectivity index (χ0v) is 8.43. The first kappa shape index (κ1) is 11.3. The van der Waals surface area contributed by atoms with Gasteiger partial charge in [0.15, 0.2) is 0 Å². The first-order valence-electron chi connectivity index (χ1n) is 4.69. The standard InChI is InChI=1S/C12H12O3/c1-2-10(8-9-12(13)15-14)11-6-4-3-5-7-11/h3-7,10,14H,2H2,1H3. The second-order valence-electron chi connectivity index (χ2n) is 3.02. The molecule has 0 fully saturated rings. The molecule has 0 radical (unpaired) electrons. The van der Waals surface area contributed by atoms with Crippen molar-refractivity contribution in [3.63, 3.8) is 0 Å². The maximum absolute atomic E-state index is 10.6. The highest BCUT2D eigenvalue weighted by Crippen LogP contribution is 2.17. The number of hydrogen-bond donors (Lipinski definition) is 1. The second kappa shape index (κ2) is 5.84. The van der Waals surface area contributed by atoms with E-state index >= 15 is 0 Å². The van der Waals surface area contributed by atoms with Crippen LogP contribution in [0.5, 0.6) is 0 Å². The lowest BCUT2D eigenvalue weighted by Crippen LogP contribution is -1.98. The summed E-state index contributed by atoms with van der Waals surface area (Å²) in [6, 6.07) is 9.67. The largest absolute Gasteiger partial charge is 0.416 e. The molecular formula is C12H12O3. The molecule has 0 saturated heterocycles. The molecule has 0 bridgehead atoms. The molecule has 1 aromatic carbocycles. The summed E-state index contributed by atoms with van der Waals surface area (Å²) in [7, 11) is 0. The predicted octanol–water partition coefficient (Wildman–Crippen LogP) is 2.20. The minimum Gasteiger partial charge on any atom is -0.286 e. The molecule has 15 heavy (non-hydrogen) atoms. The smallest absolute Gasteiger partial charge is 0.286 e. The lowest BCUT2D eigenvalue weighted by Gasteiger charge is -2.06. The van der Waals surface area contributed by atoms with E-state index in [-0.39, 0.29) is 5.92 Å². The van der Waals surface area contributed by atoms with Crippen LogP contribution in [0, 0.1) is 11.8 Å². The normalized spacial score (nSPS) is 11.1. The highest BCUT2D eigenvalue weighted by atomic mass is 17.1. The molecule has 1 unspecified atom stereocenters. The lowest BCUT2D eigenvalue weighted by atomic mass is 9.97. The number of carbonyl (C=O) groups excluding carboxylic acids is 1. The Bertz CT molecular complexity index is 373. The van der Waals surface area contributed by atoms with Crippen LogP contribution in [0.25, 0.3) is 0 Å². The van der Waals surface area contributed by atoms with Crippen LogP contribution in [0.4, 0.5) is 0 Å². The first-order valence-corrected chi connectivity index (χ1v) is 4.69. The zero-order valence-electron chi connectivity index (χ0n) is 8.43. The van der Waals surface area contributed by atoms with Gasteiger partial charge in [-0.1, -0.05) is 43.2 Å². The van der Waals surface area contributed by atoms with Gasteiger partial charge in [-0.05, 0) is 12.0 Å². The Balaban J connectivity index is 2.80. The van der Waals surface area contributed by atoms with Crippen LogP contribution in [-0.4, -0.2) is 11.2 Å². The topological polar surface area (TPSA) is 46.5 Å². The molecule has 1 aromatic rings. The Labute approximate surface area is 88.6 Å². The van der Waals surface area contributed by atoms with Gasteiger partial charge >= 0.3 is 5.97 Å². The van der Waals surface area contributed by atoms with E-state index in [1.54, 1.807) is 0 Å². The van der Waals surface area contributed by atoms with Gasteiger partial charge in [0.2, 0.25) is 0 Å². The van der Waals surface area contributed by atoms with Crippen LogP contribution < -0.4 is 0 Å². The zero-order chi connectivity index (χ0) is 11.1. The van der Waals surface area contributed by atoms with E-state index in [2.05, 4.69) is 16.7 Å². The van der Waals surface area contributed by atoms with Gasteiger partial charge in [0.1, 0.15) is 0 Å². The monoisotopic (exact) mass is 204 g/mol. The fraction of sp³-hybridized carbons (Fsp3) is 0.250. The molecule has 0 saturated carbocycles. The molecule has 0 spiro atoms. The van der Waals surface area contributed by atoms with Crippen molar-refractivity contribution in [2.75, 3.05) is 0 Å². The summed E-state index contributed by atoms with van der Waals surface area (Å²) < 4.78 is 0. The first-order chi connectivity index (χ1) is 7.27. The molecule has 78 valence electrons. The summed E-state index contributed by atoms with van der Waals surface area (Å²) in [6.45, 7) is 1.98. The molecule has 0 aliphatic heterocycles. The predicted molar refractivity (Wildman–Crippen MR) is 56.0 cm³/mol. The van der Waals surface area contributed by atoms with Gasteiger partial charge < -0.3 is 0 Å². The third-order valence-electron chi connectivity index (χ3n) is 2.04. The molecule has 0 amide bonds. The van der Waals surface area contributed by atoms with Crippen molar-refractivity contribution in [3.05, 3.63) is 35.9 Å². The van der Waals surface area contributed by atoms with Crippen molar-refractivity contribution >= 4 is 5.97 Å². The fourth-order valence-electron chi connectivity index (χ4n) is 1.28. The summed E-state index contributed by atoms with van der Waals surface area (Å²) in [5, 5.41) is 8.04. The molecule has 1 rings (SSSR count). The number of carbonyl (C=O) groups is 1. The van der Waals surface area contributed by atoms with Crippen molar-refractivity contribution in [1.29, 1.82) is 0 Å². The third kappa shape index (κ3) is 3.45. The Morgan fingerprint density at radius 2 is 2.13 bits per heavy atom. The highest BCUT2D eigenvalue weighted by molar-refractivity contribution is 5.88. The minimum atomic E-state index is -0.926. The number of rotatable bonds is 2. The average molecular weight is 204 g/mol. The van der Waals surface area contributed by atoms with Gasteiger partial charge in [-0.25, -0.2) is 4.79 Å². The third-order valence-corrected chi connectivity index (χ3v) is 2.04. The Morgan fingerprint density at radius 3 is 2.67 bits per heavy atom. The van der Waals surface area contributed by atoms with Crippen molar-refractivity contribution in [2.24, 2.45) is 0 Å². The lowest BCUT2D eigenvalue weighted by molar-refractivity contribution is -0.226. The summed E-state index contributed by atoms with van der Waals surface area (Å²) in [5.41, 5.74) is 1.05. The number of benzene rings is 1. The van der Waals surface area contributed by atoms with Crippen molar-refractivity contribution < 1.29 is 14.9 Å². The highest BCUT2D eigenvalue weighted by Gasteiger charge is 2.05. The second-order valence-corrected chi connectivity index (χ2v) is 3.02. The van der Waals surface area contributed by atoms with Crippen LogP contribution >= 0.6 is 0 Å². The van der Waals surface area contributed by atoms with Crippen LogP contribution in [-0.2, 0) is 9.68 Å². The molecule has 0 aliphatic rings. The van der Waals surface area contributed by atoms with E-state index in [1.807, 2.05) is 37.3 Å². The molecule has 0 aliphatic carbocycles. The summed E-state index contributed by atoms with van der Waals surface area (Å²) in [5.74, 6) is 4.04. The van der Waals surface area contributed by atoms with Crippen molar-refractivity contribution in [3.8, 4) is 11.8 Å².